The van der Waals surface area contributed by atoms with Crippen molar-refractivity contribution in [2.45, 2.75) is 40.5 Å². The van der Waals surface area contributed by atoms with Crippen LogP contribution in [-0.2, 0) is 0 Å². The molecular formula is C11H25NO. The summed E-state index contributed by atoms with van der Waals surface area (Å²) in [6, 6.07) is 0. The zero-order valence-corrected chi connectivity index (χ0v) is 9.56. The monoisotopic (exact) mass is 187 g/mol. The fourth-order valence-electron chi connectivity index (χ4n) is 1.08. The predicted molar refractivity (Wildman–Crippen MR) is 57.8 cm³/mol. The number of nitrogens with one attached hydrogen (secondary N) is 1. The molecule has 1 atom stereocenters. The number of aliphatic hydroxyl groups excluding tert-OH is 1. The second-order valence-corrected chi connectivity index (χ2v) is 4.61. The molecule has 0 aliphatic carbocycles. The summed E-state index contributed by atoms with van der Waals surface area (Å²) in [4.78, 5) is 0. The van der Waals surface area contributed by atoms with Gasteiger partial charge in [-0.15, -0.1) is 0 Å². The minimum Gasteiger partial charge on any atom is -0.396 e. The molecular weight excluding hydrogens is 162 g/mol. The SMILES string of the molecule is CCC(CO)CNCC(C)(C)CC. The third kappa shape index (κ3) is 6.05. The van der Waals surface area contributed by atoms with Crippen LogP contribution in [0.25, 0.3) is 0 Å². The maximum absolute atomic E-state index is 8.97. The highest BCUT2D eigenvalue weighted by molar-refractivity contribution is 4.70. The van der Waals surface area contributed by atoms with Crippen LogP contribution in [0.5, 0.6) is 0 Å². The van der Waals surface area contributed by atoms with E-state index in [-0.39, 0.29) is 0 Å². The summed E-state index contributed by atoms with van der Waals surface area (Å²) in [5.41, 5.74) is 0.383. The van der Waals surface area contributed by atoms with Crippen LogP contribution in [-0.4, -0.2) is 24.8 Å². The van der Waals surface area contributed by atoms with E-state index in [9.17, 15) is 0 Å². The molecule has 0 aliphatic heterocycles. The lowest BCUT2D eigenvalue weighted by Gasteiger charge is -2.24. The highest BCUT2D eigenvalue weighted by atomic mass is 16.3. The Hall–Kier alpha value is -0.0800. The second-order valence-electron chi connectivity index (χ2n) is 4.61. The van der Waals surface area contributed by atoms with Gasteiger partial charge in [-0.1, -0.05) is 27.7 Å². The van der Waals surface area contributed by atoms with Crippen molar-refractivity contribution in [3.05, 3.63) is 0 Å². The van der Waals surface area contributed by atoms with Gasteiger partial charge in [0, 0.05) is 19.7 Å². The van der Waals surface area contributed by atoms with Gasteiger partial charge in [-0.3, -0.25) is 0 Å². The summed E-state index contributed by atoms with van der Waals surface area (Å²) in [5.74, 6) is 0.424. The largest absolute Gasteiger partial charge is 0.396 e. The van der Waals surface area contributed by atoms with E-state index in [1.807, 2.05) is 0 Å². The van der Waals surface area contributed by atoms with E-state index in [0.29, 0.717) is 17.9 Å². The van der Waals surface area contributed by atoms with Crippen molar-refractivity contribution >= 4 is 0 Å². The van der Waals surface area contributed by atoms with Gasteiger partial charge in [-0.05, 0) is 24.2 Å². The number of hydrogen-bond acceptors (Lipinski definition) is 2. The summed E-state index contributed by atoms with van der Waals surface area (Å²) < 4.78 is 0. The predicted octanol–water partition coefficient (Wildman–Crippen LogP) is 2.03. The molecule has 1 unspecified atom stereocenters. The molecule has 0 aromatic heterocycles. The first kappa shape index (κ1) is 12.9. The Balaban J connectivity index is 3.54. The Morgan fingerprint density at radius 2 is 1.92 bits per heavy atom. The fraction of sp³-hybridized carbons (Fsp3) is 1.00. The fourth-order valence-corrected chi connectivity index (χ4v) is 1.08. The molecule has 13 heavy (non-hydrogen) atoms. The van der Waals surface area contributed by atoms with Crippen molar-refractivity contribution in [2.24, 2.45) is 11.3 Å². The smallest absolute Gasteiger partial charge is 0.0471 e. The zero-order valence-electron chi connectivity index (χ0n) is 9.56. The van der Waals surface area contributed by atoms with E-state index in [4.69, 9.17) is 5.11 Å². The van der Waals surface area contributed by atoms with Gasteiger partial charge in [0.15, 0.2) is 0 Å². The topological polar surface area (TPSA) is 32.3 Å². The van der Waals surface area contributed by atoms with Gasteiger partial charge in [0.25, 0.3) is 0 Å². The zero-order chi connectivity index (χ0) is 10.3. The van der Waals surface area contributed by atoms with Crippen molar-refractivity contribution in [1.29, 1.82) is 0 Å². The van der Waals surface area contributed by atoms with E-state index in [1.165, 1.54) is 6.42 Å². The Kier molecular flexibility index (Phi) is 6.35. The van der Waals surface area contributed by atoms with Crippen molar-refractivity contribution in [3.8, 4) is 0 Å². The van der Waals surface area contributed by atoms with E-state index in [1.54, 1.807) is 0 Å². The Morgan fingerprint density at radius 3 is 2.31 bits per heavy atom. The standard InChI is InChI=1S/C11H25NO/c1-5-10(8-13)7-12-9-11(3,4)6-2/h10,12-13H,5-9H2,1-4H3. The summed E-state index contributed by atoms with van der Waals surface area (Å²) in [7, 11) is 0. The van der Waals surface area contributed by atoms with E-state index >= 15 is 0 Å². The average molecular weight is 187 g/mol. The van der Waals surface area contributed by atoms with Crippen LogP contribution in [0.1, 0.15) is 40.5 Å². The van der Waals surface area contributed by atoms with E-state index in [2.05, 4.69) is 33.0 Å². The van der Waals surface area contributed by atoms with Gasteiger partial charge >= 0.3 is 0 Å². The first-order chi connectivity index (χ1) is 6.05. The van der Waals surface area contributed by atoms with Gasteiger partial charge in [0.2, 0.25) is 0 Å². The summed E-state index contributed by atoms with van der Waals surface area (Å²) in [6.07, 6.45) is 2.24. The molecule has 0 fully saturated rings. The number of rotatable bonds is 7. The third-order valence-electron chi connectivity index (χ3n) is 2.83. The molecule has 0 radical (unpaired) electrons. The molecule has 80 valence electrons. The van der Waals surface area contributed by atoms with Crippen LogP contribution >= 0.6 is 0 Å². The van der Waals surface area contributed by atoms with Crippen molar-refractivity contribution in [3.63, 3.8) is 0 Å². The molecule has 0 rings (SSSR count). The molecule has 2 nitrogen and oxygen atoms in total. The molecule has 0 saturated carbocycles. The Bertz CT molecular complexity index is 119. The minimum absolute atomic E-state index is 0.302. The summed E-state index contributed by atoms with van der Waals surface area (Å²) in [6.45, 7) is 11.1. The number of aliphatic hydroxyl groups is 1. The highest BCUT2D eigenvalue weighted by Gasteiger charge is 2.14. The molecule has 0 aromatic rings. The molecule has 0 saturated heterocycles. The van der Waals surface area contributed by atoms with Crippen molar-refractivity contribution < 1.29 is 5.11 Å². The average Bonchev–Trinajstić information content (AvgIpc) is 2.12. The lowest BCUT2D eigenvalue weighted by molar-refractivity contribution is 0.211. The van der Waals surface area contributed by atoms with E-state index in [0.717, 1.165) is 19.5 Å². The molecule has 2 N–H and O–H groups in total. The Morgan fingerprint density at radius 1 is 1.31 bits per heavy atom. The summed E-state index contributed by atoms with van der Waals surface area (Å²) >= 11 is 0. The van der Waals surface area contributed by atoms with E-state index < -0.39 is 0 Å². The molecule has 2 heteroatoms. The molecule has 0 aliphatic rings. The van der Waals surface area contributed by atoms with Gasteiger partial charge in [0.1, 0.15) is 0 Å². The first-order valence-electron chi connectivity index (χ1n) is 5.37. The quantitative estimate of drug-likeness (QED) is 0.639. The van der Waals surface area contributed by atoms with Crippen LogP contribution in [0.15, 0.2) is 0 Å². The van der Waals surface area contributed by atoms with Crippen molar-refractivity contribution in [2.75, 3.05) is 19.7 Å². The van der Waals surface area contributed by atoms with Crippen LogP contribution in [0.3, 0.4) is 0 Å². The molecule has 0 heterocycles. The van der Waals surface area contributed by atoms with Crippen LogP contribution in [0.4, 0.5) is 0 Å². The van der Waals surface area contributed by atoms with Crippen LogP contribution in [0, 0.1) is 11.3 Å². The lowest BCUT2D eigenvalue weighted by Crippen LogP contribution is -2.33. The molecule has 0 spiro atoms. The van der Waals surface area contributed by atoms with Crippen LogP contribution in [0.2, 0.25) is 0 Å². The normalized spacial score (nSPS) is 14.5. The lowest BCUT2D eigenvalue weighted by atomic mass is 9.90. The maximum atomic E-state index is 8.97. The second kappa shape index (κ2) is 6.39. The highest BCUT2D eigenvalue weighted by Crippen LogP contribution is 2.17. The van der Waals surface area contributed by atoms with Crippen molar-refractivity contribution in [1.82, 2.24) is 5.32 Å². The van der Waals surface area contributed by atoms with Crippen LogP contribution < -0.4 is 5.32 Å². The molecule has 0 aromatic carbocycles. The number of hydrogen-bond donors (Lipinski definition) is 2. The van der Waals surface area contributed by atoms with Gasteiger partial charge in [0.05, 0.1) is 0 Å². The van der Waals surface area contributed by atoms with Gasteiger partial charge < -0.3 is 10.4 Å². The van der Waals surface area contributed by atoms with Gasteiger partial charge in [-0.25, -0.2) is 0 Å². The third-order valence-corrected chi connectivity index (χ3v) is 2.83. The first-order valence-corrected chi connectivity index (χ1v) is 5.37. The minimum atomic E-state index is 0.302. The maximum Gasteiger partial charge on any atom is 0.0471 e. The molecule has 0 bridgehead atoms. The van der Waals surface area contributed by atoms with Gasteiger partial charge in [-0.2, -0.15) is 0 Å². The molecule has 0 amide bonds. The Labute approximate surface area is 82.7 Å². The summed E-state index contributed by atoms with van der Waals surface area (Å²) in [5, 5.41) is 12.4.